The van der Waals surface area contributed by atoms with E-state index in [2.05, 4.69) is 21.2 Å². The highest BCUT2D eigenvalue weighted by molar-refractivity contribution is 9.10. The van der Waals surface area contributed by atoms with E-state index in [9.17, 15) is 14.0 Å². The molecule has 3 aromatic carbocycles. The van der Waals surface area contributed by atoms with E-state index in [1.165, 1.54) is 12.1 Å². The summed E-state index contributed by atoms with van der Waals surface area (Å²) in [5.74, 6) is 0.221. The lowest BCUT2D eigenvalue weighted by molar-refractivity contribution is -0.128. The second kappa shape index (κ2) is 9.57. The highest BCUT2D eigenvalue weighted by atomic mass is 79.9. The molecule has 9 heteroatoms. The Labute approximate surface area is 220 Å². The molecule has 186 valence electrons. The van der Waals surface area contributed by atoms with E-state index in [1.54, 1.807) is 17.0 Å². The quantitative estimate of drug-likeness (QED) is 0.336. The number of ether oxygens (including phenoxy) is 1. The normalized spacial score (nSPS) is 16.8. The fourth-order valence-electron chi connectivity index (χ4n) is 4.61. The standard InChI is InChI=1S/C28H21BrFN3O4/c29-20-7-3-18(4-8-20)27-32-25(17-5-9-21(30)10-6-17)26(37-27)28-33(24(35)15-36-28)12-11-16-1-2-19-14-23(34)31-22(19)13-16/h1-10,13,28H,11-12,14-15H2,(H,31,34)/t28-/m0/s1. The molecule has 4 aromatic rings. The van der Waals surface area contributed by atoms with E-state index >= 15 is 0 Å². The Hall–Kier alpha value is -3.82. The summed E-state index contributed by atoms with van der Waals surface area (Å²) in [4.78, 5) is 30.9. The maximum Gasteiger partial charge on any atom is 0.251 e. The highest BCUT2D eigenvalue weighted by Crippen LogP contribution is 2.38. The molecule has 1 N–H and O–H groups in total. The summed E-state index contributed by atoms with van der Waals surface area (Å²) in [6.45, 7) is 0.301. The van der Waals surface area contributed by atoms with Crippen LogP contribution in [0.2, 0.25) is 0 Å². The van der Waals surface area contributed by atoms with Gasteiger partial charge in [0, 0.05) is 27.8 Å². The minimum Gasteiger partial charge on any atom is -0.436 e. The van der Waals surface area contributed by atoms with Gasteiger partial charge >= 0.3 is 0 Å². The minimum absolute atomic E-state index is 0.0180. The number of fused-ring (bicyclic) bond motifs is 1. The summed E-state index contributed by atoms with van der Waals surface area (Å²) in [6.07, 6.45) is 0.168. The number of hydrogen-bond acceptors (Lipinski definition) is 5. The van der Waals surface area contributed by atoms with Gasteiger partial charge in [-0.3, -0.25) is 9.59 Å². The van der Waals surface area contributed by atoms with Crippen LogP contribution in [0.5, 0.6) is 0 Å². The monoisotopic (exact) mass is 561 g/mol. The van der Waals surface area contributed by atoms with Gasteiger partial charge in [0.2, 0.25) is 11.8 Å². The number of rotatable bonds is 6. The number of halogens is 2. The Morgan fingerprint density at radius 2 is 1.78 bits per heavy atom. The van der Waals surface area contributed by atoms with Gasteiger partial charge in [0.05, 0.1) is 6.42 Å². The summed E-state index contributed by atoms with van der Waals surface area (Å²) in [6, 6.07) is 19.4. The number of carbonyl (C=O) groups excluding carboxylic acids is 2. The second-order valence-electron chi connectivity index (χ2n) is 8.96. The molecular formula is C28H21BrFN3O4. The molecule has 6 rings (SSSR count). The van der Waals surface area contributed by atoms with Crippen LogP contribution in [0.25, 0.3) is 22.7 Å². The zero-order valence-corrected chi connectivity index (χ0v) is 21.1. The van der Waals surface area contributed by atoms with E-state index in [0.717, 1.165) is 26.9 Å². The van der Waals surface area contributed by atoms with Crippen molar-refractivity contribution in [3.63, 3.8) is 0 Å². The Morgan fingerprint density at radius 3 is 2.57 bits per heavy atom. The molecule has 7 nitrogen and oxygen atoms in total. The number of carbonyl (C=O) groups is 2. The molecule has 0 bridgehead atoms. The van der Waals surface area contributed by atoms with Crippen LogP contribution < -0.4 is 5.32 Å². The fraction of sp³-hybridized carbons (Fsp3) is 0.179. The summed E-state index contributed by atoms with van der Waals surface area (Å²) in [5, 5.41) is 2.86. The maximum atomic E-state index is 13.6. The average molecular weight is 562 g/mol. The van der Waals surface area contributed by atoms with Crippen LogP contribution in [0.1, 0.15) is 23.1 Å². The van der Waals surface area contributed by atoms with Crippen LogP contribution in [0.15, 0.2) is 75.6 Å². The van der Waals surface area contributed by atoms with Gasteiger partial charge in [-0.25, -0.2) is 9.37 Å². The molecule has 3 heterocycles. The smallest absolute Gasteiger partial charge is 0.251 e. The zero-order chi connectivity index (χ0) is 25.5. The molecule has 1 aromatic heterocycles. The third-order valence-corrected chi connectivity index (χ3v) is 7.02. The number of nitrogens with zero attached hydrogens (tertiary/aromatic N) is 2. The summed E-state index contributed by atoms with van der Waals surface area (Å²) >= 11 is 3.43. The molecule has 2 aliphatic rings. The topological polar surface area (TPSA) is 84.7 Å². The number of aromatic nitrogens is 1. The lowest BCUT2D eigenvalue weighted by Crippen LogP contribution is -2.30. The van der Waals surface area contributed by atoms with E-state index in [-0.39, 0.29) is 24.2 Å². The largest absolute Gasteiger partial charge is 0.436 e. The van der Waals surface area contributed by atoms with Crippen molar-refractivity contribution in [2.24, 2.45) is 0 Å². The summed E-state index contributed by atoms with van der Waals surface area (Å²) < 4.78 is 26.7. The third kappa shape index (κ3) is 4.68. The van der Waals surface area contributed by atoms with Crippen molar-refractivity contribution in [3.8, 4) is 22.7 Å². The molecule has 0 saturated carbocycles. The molecule has 37 heavy (non-hydrogen) atoms. The van der Waals surface area contributed by atoms with E-state index in [0.29, 0.717) is 42.3 Å². The van der Waals surface area contributed by atoms with E-state index in [1.807, 2.05) is 42.5 Å². The Balaban J connectivity index is 1.32. The molecule has 2 aliphatic heterocycles. The lowest BCUT2D eigenvalue weighted by Gasteiger charge is -2.22. The first-order chi connectivity index (χ1) is 17.9. The summed E-state index contributed by atoms with van der Waals surface area (Å²) in [7, 11) is 0. The predicted octanol–water partition coefficient (Wildman–Crippen LogP) is 5.50. The van der Waals surface area contributed by atoms with Crippen LogP contribution in [0, 0.1) is 5.82 Å². The van der Waals surface area contributed by atoms with Gasteiger partial charge in [-0.15, -0.1) is 0 Å². The van der Waals surface area contributed by atoms with Crippen molar-refractivity contribution in [3.05, 3.63) is 93.9 Å². The van der Waals surface area contributed by atoms with Crippen molar-refractivity contribution in [2.45, 2.75) is 19.1 Å². The van der Waals surface area contributed by atoms with E-state index < -0.39 is 6.23 Å². The number of amides is 2. The summed E-state index contributed by atoms with van der Waals surface area (Å²) in [5.41, 5.74) is 4.68. The first-order valence-electron chi connectivity index (χ1n) is 11.8. The third-order valence-electron chi connectivity index (χ3n) is 6.50. The number of nitrogens with one attached hydrogen (secondary N) is 1. The van der Waals surface area contributed by atoms with Gasteiger partial charge in [0.25, 0.3) is 5.91 Å². The highest BCUT2D eigenvalue weighted by Gasteiger charge is 2.38. The van der Waals surface area contributed by atoms with Crippen molar-refractivity contribution in [2.75, 3.05) is 18.5 Å². The van der Waals surface area contributed by atoms with Crippen LogP contribution in [0.3, 0.4) is 0 Å². The number of oxazole rings is 1. The first-order valence-corrected chi connectivity index (χ1v) is 12.6. The SMILES string of the molecule is O=C1Cc2ccc(CCN3C(=O)CO[C@H]3c3oc(-c4ccc(Br)cc4)nc3-c3ccc(F)cc3)cc2N1. The van der Waals surface area contributed by atoms with E-state index in [4.69, 9.17) is 14.1 Å². The van der Waals surface area contributed by atoms with Crippen LogP contribution in [0.4, 0.5) is 10.1 Å². The van der Waals surface area contributed by atoms with Crippen LogP contribution >= 0.6 is 15.9 Å². The van der Waals surface area contributed by atoms with Gasteiger partial charge in [-0.1, -0.05) is 28.1 Å². The van der Waals surface area contributed by atoms with Crippen LogP contribution in [-0.2, 0) is 27.2 Å². The Kier molecular flexibility index (Phi) is 6.10. The van der Waals surface area contributed by atoms with Crippen molar-refractivity contribution in [1.29, 1.82) is 0 Å². The number of benzene rings is 3. The minimum atomic E-state index is -0.779. The van der Waals surface area contributed by atoms with Gasteiger partial charge in [-0.2, -0.15) is 0 Å². The Morgan fingerprint density at radius 1 is 1.03 bits per heavy atom. The number of anilines is 1. The molecule has 0 aliphatic carbocycles. The lowest BCUT2D eigenvalue weighted by atomic mass is 10.1. The Bertz CT molecular complexity index is 1500. The molecule has 1 fully saturated rings. The predicted molar refractivity (Wildman–Crippen MR) is 138 cm³/mol. The van der Waals surface area contributed by atoms with Gasteiger partial charge in [0.1, 0.15) is 18.1 Å². The fourth-order valence-corrected chi connectivity index (χ4v) is 4.87. The van der Waals surface area contributed by atoms with Crippen molar-refractivity contribution >= 4 is 33.4 Å². The van der Waals surface area contributed by atoms with Crippen molar-refractivity contribution < 1.29 is 23.1 Å². The maximum absolute atomic E-state index is 13.6. The van der Waals surface area contributed by atoms with Gasteiger partial charge in [-0.05, 0) is 72.1 Å². The molecule has 2 amide bonds. The number of hydrogen-bond donors (Lipinski definition) is 1. The van der Waals surface area contributed by atoms with Crippen LogP contribution in [-0.4, -0.2) is 34.8 Å². The molecule has 1 saturated heterocycles. The second-order valence-corrected chi connectivity index (χ2v) is 9.88. The van der Waals surface area contributed by atoms with Gasteiger partial charge < -0.3 is 19.4 Å². The zero-order valence-electron chi connectivity index (χ0n) is 19.5. The molecule has 1 atom stereocenters. The molecule has 0 spiro atoms. The van der Waals surface area contributed by atoms with Gasteiger partial charge in [0.15, 0.2) is 12.0 Å². The molecule has 0 unspecified atom stereocenters. The molecular weight excluding hydrogens is 541 g/mol. The van der Waals surface area contributed by atoms with Crippen molar-refractivity contribution in [1.82, 2.24) is 9.88 Å². The average Bonchev–Trinajstić information content (AvgIpc) is 3.59. The molecule has 0 radical (unpaired) electrons. The first kappa shape index (κ1) is 23.6.